The number of terminal acetylenes is 1. The summed E-state index contributed by atoms with van der Waals surface area (Å²) < 4.78 is 0. The molecule has 0 aromatic rings. The summed E-state index contributed by atoms with van der Waals surface area (Å²) >= 11 is 0. The maximum absolute atomic E-state index is 12.5. The van der Waals surface area contributed by atoms with E-state index in [4.69, 9.17) is 12.2 Å². The summed E-state index contributed by atoms with van der Waals surface area (Å²) in [5.41, 5.74) is 5.55. The molecule has 1 aliphatic carbocycles. The van der Waals surface area contributed by atoms with Crippen molar-refractivity contribution in [3.05, 3.63) is 0 Å². The van der Waals surface area contributed by atoms with Gasteiger partial charge in [-0.3, -0.25) is 4.79 Å². The van der Waals surface area contributed by atoms with Crippen LogP contribution in [0.5, 0.6) is 0 Å². The van der Waals surface area contributed by atoms with Crippen LogP contribution in [0.1, 0.15) is 58.3 Å². The Labute approximate surface area is 111 Å². The lowest BCUT2D eigenvalue weighted by Crippen LogP contribution is -2.49. The van der Waals surface area contributed by atoms with Gasteiger partial charge < -0.3 is 11.1 Å². The van der Waals surface area contributed by atoms with Gasteiger partial charge >= 0.3 is 0 Å². The van der Waals surface area contributed by atoms with Crippen LogP contribution in [0.4, 0.5) is 0 Å². The van der Waals surface area contributed by atoms with Gasteiger partial charge in [-0.25, -0.2) is 0 Å². The molecule has 0 radical (unpaired) electrons. The molecule has 0 aromatic heterocycles. The third-order valence-electron chi connectivity index (χ3n) is 4.13. The lowest BCUT2D eigenvalue weighted by atomic mass is 9.79. The molecule has 3 nitrogen and oxygen atoms in total. The topological polar surface area (TPSA) is 55.1 Å². The Morgan fingerprint density at radius 1 is 1.39 bits per heavy atom. The van der Waals surface area contributed by atoms with Gasteiger partial charge in [0, 0.05) is 19.0 Å². The monoisotopic (exact) mass is 250 g/mol. The number of hydrogen-bond acceptors (Lipinski definition) is 2. The van der Waals surface area contributed by atoms with Crippen LogP contribution in [0, 0.1) is 17.8 Å². The van der Waals surface area contributed by atoms with E-state index in [0.717, 1.165) is 32.1 Å². The highest BCUT2D eigenvalue weighted by Crippen LogP contribution is 2.34. The fourth-order valence-electron chi connectivity index (χ4n) is 2.71. The van der Waals surface area contributed by atoms with Crippen molar-refractivity contribution in [2.75, 3.05) is 6.54 Å². The third kappa shape index (κ3) is 3.74. The normalized spacial score (nSPS) is 20.5. The van der Waals surface area contributed by atoms with Gasteiger partial charge in [-0.05, 0) is 19.3 Å². The fourth-order valence-corrected chi connectivity index (χ4v) is 2.71. The maximum atomic E-state index is 12.5. The molecule has 0 aliphatic heterocycles. The van der Waals surface area contributed by atoms with Gasteiger partial charge in [-0.1, -0.05) is 32.6 Å². The van der Waals surface area contributed by atoms with Crippen molar-refractivity contribution in [3.63, 3.8) is 0 Å². The molecule has 0 spiro atoms. The van der Waals surface area contributed by atoms with Crippen molar-refractivity contribution in [2.24, 2.45) is 11.1 Å². The maximum Gasteiger partial charge on any atom is 0.227 e. The van der Waals surface area contributed by atoms with Crippen LogP contribution in [0.15, 0.2) is 0 Å². The number of carbonyl (C=O) groups is 1. The quantitative estimate of drug-likeness (QED) is 0.580. The van der Waals surface area contributed by atoms with E-state index < -0.39 is 0 Å². The van der Waals surface area contributed by atoms with Crippen LogP contribution < -0.4 is 11.1 Å². The number of carbonyl (C=O) groups excluding carboxylic acids is 1. The Morgan fingerprint density at radius 2 is 2.00 bits per heavy atom. The molecular weight excluding hydrogens is 224 g/mol. The lowest BCUT2D eigenvalue weighted by Gasteiger charge is -2.31. The van der Waals surface area contributed by atoms with Crippen LogP contribution in [0.2, 0.25) is 0 Å². The first kappa shape index (κ1) is 15.0. The van der Waals surface area contributed by atoms with Gasteiger partial charge in [0.2, 0.25) is 5.91 Å². The predicted octanol–water partition coefficient (Wildman–Crippen LogP) is 2.20. The Morgan fingerprint density at radius 3 is 2.44 bits per heavy atom. The SMILES string of the molecule is C#CCC(CC)NC(=O)C1(CN)CCCCCC1. The molecule has 0 aromatic carbocycles. The second-order valence-corrected chi connectivity index (χ2v) is 5.39. The Balaban J connectivity index is 2.68. The van der Waals surface area contributed by atoms with Crippen molar-refractivity contribution in [1.29, 1.82) is 0 Å². The lowest BCUT2D eigenvalue weighted by molar-refractivity contribution is -0.132. The van der Waals surface area contributed by atoms with E-state index in [-0.39, 0.29) is 17.4 Å². The first-order valence-electron chi connectivity index (χ1n) is 7.13. The van der Waals surface area contributed by atoms with E-state index >= 15 is 0 Å². The summed E-state index contributed by atoms with van der Waals surface area (Å²) in [5, 5.41) is 3.10. The van der Waals surface area contributed by atoms with E-state index in [1.807, 2.05) is 6.92 Å². The standard InChI is InChI=1S/C15H26N2O/c1-3-9-13(4-2)17-14(18)15(12-16)10-7-5-6-8-11-15/h1,13H,4-12,16H2,2H3,(H,17,18). The zero-order valence-electron chi connectivity index (χ0n) is 11.5. The Bertz CT molecular complexity index is 298. The molecule has 1 aliphatic rings. The highest BCUT2D eigenvalue weighted by Gasteiger charge is 2.37. The molecule has 0 heterocycles. The van der Waals surface area contributed by atoms with Gasteiger partial charge in [-0.2, -0.15) is 0 Å². The molecule has 1 fully saturated rings. The van der Waals surface area contributed by atoms with Crippen LogP contribution in [-0.4, -0.2) is 18.5 Å². The first-order valence-corrected chi connectivity index (χ1v) is 7.13. The van der Waals surface area contributed by atoms with E-state index in [2.05, 4.69) is 11.2 Å². The van der Waals surface area contributed by atoms with E-state index in [1.54, 1.807) is 0 Å². The average Bonchev–Trinajstić information content (AvgIpc) is 2.64. The molecule has 3 N–H and O–H groups in total. The predicted molar refractivity (Wildman–Crippen MR) is 74.9 cm³/mol. The van der Waals surface area contributed by atoms with Crippen molar-refractivity contribution < 1.29 is 4.79 Å². The average molecular weight is 250 g/mol. The second-order valence-electron chi connectivity index (χ2n) is 5.39. The van der Waals surface area contributed by atoms with Gasteiger partial charge in [0.1, 0.15) is 0 Å². The summed E-state index contributed by atoms with van der Waals surface area (Å²) in [5.74, 6) is 2.74. The van der Waals surface area contributed by atoms with E-state index in [9.17, 15) is 4.79 Å². The van der Waals surface area contributed by atoms with Crippen LogP contribution >= 0.6 is 0 Å². The molecule has 1 amide bonds. The van der Waals surface area contributed by atoms with Gasteiger partial charge in [0.15, 0.2) is 0 Å². The van der Waals surface area contributed by atoms with Crippen molar-refractivity contribution in [2.45, 2.75) is 64.3 Å². The number of rotatable bonds is 5. The minimum Gasteiger partial charge on any atom is -0.352 e. The minimum absolute atomic E-state index is 0.0918. The van der Waals surface area contributed by atoms with Gasteiger partial charge in [-0.15, -0.1) is 12.3 Å². The molecule has 1 unspecified atom stereocenters. The highest BCUT2D eigenvalue weighted by atomic mass is 16.2. The molecule has 102 valence electrons. The summed E-state index contributed by atoms with van der Waals surface area (Å²) in [4.78, 5) is 12.5. The highest BCUT2D eigenvalue weighted by molar-refractivity contribution is 5.83. The number of hydrogen-bond donors (Lipinski definition) is 2. The fraction of sp³-hybridized carbons (Fsp3) is 0.800. The number of nitrogens with two attached hydrogens (primary N) is 1. The van der Waals surface area contributed by atoms with Crippen molar-refractivity contribution in [1.82, 2.24) is 5.32 Å². The molecular formula is C15H26N2O. The summed E-state index contributed by atoms with van der Waals surface area (Å²) in [6, 6.07) is 0.0918. The summed E-state index contributed by atoms with van der Waals surface area (Å²) in [6.07, 6.45) is 13.3. The Kier molecular flexibility index (Phi) is 6.21. The molecule has 18 heavy (non-hydrogen) atoms. The number of nitrogens with one attached hydrogen (secondary N) is 1. The van der Waals surface area contributed by atoms with E-state index in [1.165, 1.54) is 12.8 Å². The Hall–Kier alpha value is -1.01. The summed E-state index contributed by atoms with van der Waals surface area (Å²) in [6.45, 7) is 2.50. The largest absolute Gasteiger partial charge is 0.352 e. The molecule has 1 atom stereocenters. The summed E-state index contributed by atoms with van der Waals surface area (Å²) in [7, 11) is 0. The molecule has 0 saturated heterocycles. The molecule has 0 bridgehead atoms. The zero-order chi connectivity index (χ0) is 13.4. The van der Waals surface area contributed by atoms with Crippen LogP contribution in [0.3, 0.4) is 0 Å². The molecule has 3 heteroatoms. The molecule has 1 rings (SSSR count). The second kappa shape index (κ2) is 7.43. The first-order chi connectivity index (χ1) is 8.68. The van der Waals surface area contributed by atoms with Gasteiger partial charge in [0.05, 0.1) is 5.41 Å². The third-order valence-corrected chi connectivity index (χ3v) is 4.13. The van der Waals surface area contributed by atoms with Crippen LogP contribution in [0.25, 0.3) is 0 Å². The minimum atomic E-state index is -0.349. The van der Waals surface area contributed by atoms with Gasteiger partial charge in [0.25, 0.3) is 0 Å². The van der Waals surface area contributed by atoms with Crippen molar-refractivity contribution >= 4 is 5.91 Å². The van der Waals surface area contributed by atoms with Crippen LogP contribution in [-0.2, 0) is 4.79 Å². The smallest absolute Gasteiger partial charge is 0.227 e. The molecule has 1 saturated carbocycles. The zero-order valence-corrected chi connectivity index (χ0v) is 11.5. The van der Waals surface area contributed by atoms with E-state index in [0.29, 0.717) is 13.0 Å². The van der Waals surface area contributed by atoms with Crippen molar-refractivity contribution in [3.8, 4) is 12.3 Å². The number of amides is 1.